The van der Waals surface area contributed by atoms with Crippen LogP contribution in [-0.4, -0.2) is 48.9 Å². The lowest BCUT2D eigenvalue weighted by molar-refractivity contribution is -0.172. The summed E-state index contributed by atoms with van der Waals surface area (Å²) in [5.41, 5.74) is -1.000. The van der Waals surface area contributed by atoms with Crippen molar-refractivity contribution in [2.24, 2.45) is 11.3 Å². The molecule has 0 unspecified atom stereocenters. The van der Waals surface area contributed by atoms with Gasteiger partial charge in [0.15, 0.2) is 5.41 Å². The minimum Gasteiger partial charge on any atom is -0.465 e. The zero-order chi connectivity index (χ0) is 35.9. The molecule has 1 saturated carbocycles. The van der Waals surface area contributed by atoms with Gasteiger partial charge in [0, 0.05) is 12.1 Å². The monoisotopic (exact) mass is 694 g/mol. The van der Waals surface area contributed by atoms with Gasteiger partial charge in [-0.1, -0.05) is 156 Å². The van der Waals surface area contributed by atoms with Gasteiger partial charge in [-0.05, 0) is 77.2 Å². The molecule has 2 N–H and O–H groups in total. The minimum absolute atomic E-state index is 0.228. The molecule has 0 radical (unpaired) electrons. The van der Waals surface area contributed by atoms with Crippen molar-refractivity contribution in [2.75, 3.05) is 26.4 Å². The Labute approximate surface area is 304 Å². The Kier molecular flexibility index (Phi) is 28.5. The van der Waals surface area contributed by atoms with Crippen molar-refractivity contribution in [1.82, 2.24) is 5.32 Å². The summed E-state index contributed by atoms with van der Waals surface area (Å²) >= 11 is 0. The molecule has 0 heterocycles. The fourth-order valence-corrected chi connectivity index (χ4v) is 7.54. The maximum Gasteiger partial charge on any atom is 0.323 e. The molecule has 0 saturated heterocycles. The highest BCUT2D eigenvalue weighted by Crippen LogP contribution is 2.36. The summed E-state index contributed by atoms with van der Waals surface area (Å²) in [5, 5.41) is 13.7. The van der Waals surface area contributed by atoms with Crippen molar-refractivity contribution in [2.45, 2.75) is 226 Å². The summed E-state index contributed by atoms with van der Waals surface area (Å²) in [4.78, 5) is 26.6. The Bertz CT molecular complexity index is 748. The molecule has 0 aromatic rings. The Morgan fingerprint density at radius 3 is 1.49 bits per heavy atom. The maximum atomic E-state index is 13.3. The van der Waals surface area contributed by atoms with E-state index in [1.54, 1.807) is 6.92 Å². The first-order valence-electron chi connectivity index (χ1n) is 21.6. The van der Waals surface area contributed by atoms with Gasteiger partial charge in [-0.2, -0.15) is 0 Å². The first-order valence-corrected chi connectivity index (χ1v) is 21.6. The molecular weight excluding hydrogens is 610 g/mol. The smallest absolute Gasteiger partial charge is 0.323 e. The van der Waals surface area contributed by atoms with Crippen molar-refractivity contribution in [1.29, 1.82) is 0 Å². The van der Waals surface area contributed by atoms with E-state index in [0.29, 0.717) is 32.2 Å². The number of carbonyl (C=O) groups excluding carboxylic acids is 2. The third-order valence-corrected chi connectivity index (χ3v) is 11.3. The topological polar surface area (TPSA) is 84.9 Å². The number of hydrogen-bond donors (Lipinski definition) is 2. The number of nitrogens with one attached hydrogen (secondary N) is 1. The Balaban J connectivity index is 2.52. The molecule has 49 heavy (non-hydrogen) atoms. The molecule has 0 aliphatic heterocycles. The third kappa shape index (κ3) is 21.7. The van der Waals surface area contributed by atoms with Crippen molar-refractivity contribution in [3.05, 3.63) is 0 Å². The molecule has 0 amide bonds. The van der Waals surface area contributed by atoms with Gasteiger partial charge in [-0.15, -0.1) is 0 Å². The van der Waals surface area contributed by atoms with E-state index in [1.165, 1.54) is 122 Å². The number of carbonyl (C=O) groups is 2. The molecule has 6 nitrogen and oxygen atoms in total. The fraction of sp³-hybridized carbons (Fsp3) is 0.953. The molecule has 1 fully saturated rings. The lowest BCUT2D eigenvalue weighted by atomic mass is 9.74. The average molecular weight is 694 g/mol. The number of rotatable bonds is 34. The van der Waals surface area contributed by atoms with E-state index in [2.05, 4.69) is 26.1 Å². The number of aliphatic hydroxyl groups excluding tert-OH is 1. The van der Waals surface area contributed by atoms with Crippen LogP contribution in [0.25, 0.3) is 0 Å². The van der Waals surface area contributed by atoms with E-state index in [-0.39, 0.29) is 5.54 Å². The summed E-state index contributed by atoms with van der Waals surface area (Å²) in [6.45, 7) is 10.6. The molecule has 0 atom stereocenters. The molecule has 6 heteroatoms. The Morgan fingerprint density at radius 2 is 1.02 bits per heavy atom. The molecule has 0 aromatic heterocycles. The highest BCUT2D eigenvalue weighted by atomic mass is 16.6. The molecule has 0 spiro atoms. The number of esters is 2. The second-order valence-corrected chi connectivity index (χ2v) is 15.9. The number of aliphatic hydroxyl groups is 1. The lowest BCUT2D eigenvalue weighted by Gasteiger charge is -2.41. The van der Waals surface area contributed by atoms with E-state index in [9.17, 15) is 14.7 Å². The van der Waals surface area contributed by atoms with Crippen LogP contribution < -0.4 is 5.32 Å². The standard InChI is InChI=1S/C43H83NO5/c1-5-8-11-14-17-18-19-25-32-43(33-29-39(38-45)30-34-43)44-35-26-21-20-24-31-42(4,40(46)48-36-27-22-15-12-9-6-2)41(47)49-37-28-23-16-13-10-7-3/h39,44-45H,5-38H2,1-4H3. The summed E-state index contributed by atoms with van der Waals surface area (Å²) in [5.74, 6) is -0.341. The third-order valence-electron chi connectivity index (χ3n) is 11.3. The Hall–Kier alpha value is -1.14. The van der Waals surface area contributed by atoms with Crippen molar-refractivity contribution >= 4 is 11.9 Å². The molecule has 1 rings (SSSR count). The first kappa shape index (κ1) is 45.9. The van der Waals surface area contributed by atoms with Crippen molar-refractivity contribution in [3.8, 4) is 0 Å². The van der Waals surface area contributed by atoms with Crippen LogP contribution in [0.1, 0.15) is 220 Å². The van der Waals surface area contributed by atoms with Crippen LogP contribution >= 0.6 is 0 Å². The van der Waals surface area contributed by atoms with Crippen molar-refractivity contribution in [3.63, 3.8) is 0 Å². The minimum atomic E-state index is -1.23. The molecular formula is C43H83NO5. The van der Waals surface area contributed by atoms with E-state index in [4.69, 9.17) is 9.47 Å². The van der Waals surface area contributed by atoms with Gasteiger partial charge in [0.25, 0.3) is 0 Å². The predicted molar refractivity (Wildman–Crippen MR) is 207 cm³/mol. The summed E-state index contributed by atoms with van der Waals surface area (Å²) in [6, 6.07) is 0. The number of ether oxygens (including phenoxy) is 2. The highest BCUT2D eigenvalue weighted by molar-refractivity contribution is 5.99. The summed E-state index contributed by atoms with van der Waals surface area (Å²) in [6.07, 6.45) is 34.7. The van der Waals surface area contributed by atoms with Crippen LogP contribution in [0.15, 0.2) is 0 Å². The Morgan fingerprint density at radius 1 is 0.612 bits per heavy atom. The zero-order valence-corrected chi connectivity index (χ0v) is 33.2. The largest absolute Gasteiger partial charge is 0.465 e. The van der Waals surface area contributed by atoms with Gasteiger partial charge < -0.3 is 19.9 Å². The van der Waals surface area contributed by atoms with Gasteiger partial charge in [0.05, 0.1) is 13.2 Å². The summed E-state index contributed by atoms with van der Waals surface area (Å²) < 4.78 is 11.4. The van der Waals surface area contributed by atoms with Gasteiger partial charge in [-0.25, -0.2) is 0 Å². The lowest BCUT2D eigenvalue weighted by Crippen LogP contribution is -2.48. The fourth-order valence-electron chi connectivity index (χ4n) is 7.54. The number of unbranched alkanes of at least 4 members (excludes halogenated alkanes) is 20. The molecule has 290 valence electrons. The summed E-state index contributed by atoms with van der Waals surface area (Å²) in [7, 11) is 0. The molecule has 0 bridgehead atoms. The van der Waals surface area contributed by atoms with Crippen LogP contribution in [-0.2, 0) is 19.1 Å². The van der Waals surface area contributed by atoms with Gasteiger partial charge in [0.2, 0.25) is 0 Å². The predicted octanol–water partition coefficient (Wildman–Crippen LogP) is 11.8. The quantitative estimate of drug-likeness (QED) is 0.0396. The van der Waals surface area contributed by atoms with Crippen LogP contribution in [0, 0.1) is 11.3 Å². The maximum absolute atomic E-state index is 13.3. The van der Waals surface area contributed by atoms with Gasteiger partial charge >= 0.3 is 11.9 Å². The van der Waals surface area contributed by atoms with Crippen LogP contribution in [0.2, 0.25) is 0 Å². The van der Waals surface area contributed by atoms with E-state index in [0.717, 1.165) is 70.8 Å². The molecule has 1 aliphatic rings. The first-order chi connectivity index (χ1) is 23.9. The van der Waals surface area contributed by atoms with E-state index in [1.807, 2.05) is 0 Å². The van der Waals surface area contributed by atoms with Crippen LogP contribution in [0.5, 0.6) is 0 Å². The molecule has 0 aromatic carbocycles. The second kappa shape index (κ2) is 30.5. The normalized spacial score (nSPS) is 18.1. The van der Waals surface area contributed by atoms with Gasteiger partial charge in [0.1, 0.15) is 0 Å². The van der Waals surface area contributed by atoms with E-state index < -0.39 is 17.4 Å². The van der Waals surface area contributed by atoms with E-state index >= 15 is 0 Å². The molecule has 1 aliphatic carbocycles. The van der Waals surface area contributed by atoms with Crippen LogP contribution in [0.4, 0.5) is 0 Å². The zero-order valence-electron chi connectivity index (χ0n) is 33.2. The van der Waals surface area contributed by atoms with Gasteiger partial charge in [-0.3, -0.25) is 9.59 Å². The van der Waals surface area contributed by atoms with Crippen LogP contribution in [0.3, 0.4) is 0 Å². The number of hydrogen-bond acceptors (Lipinski definition) is 6. The van der Waals surface area contributed by atoms with Crippen molar-refractivity contribution < 1.29 is 24.2 Å². The highest BCUT2D eigenvalue weighted by Gasteiger charge is 2.43. The average Bonchev–Trinajstić information content (AvgIpc) is 3.11. The second-order valence-electron chi connectivity index (χ2n) is 15.9. The SMILES string of the molecule is CCCCCCCCCCC1(NCCCCCCC(C)(C(=O)OCCCCCCCC)C(=O)OCCCCCCCC)CCC(CO)CC1.